The summed E-state index contributed by atoms with van der Waals surface area (Å²) in [5.41, 5.74) is 7.15. The normalized spacial score (nSPS) is 10.9. The maximum Gasteiger partial charge on any atom is 0.216 e. The molecule has 0 aliphatic carbocycles. The third-order valence-electron chi connectivity index (χ3n) is 5.02. The maximum absolute atomic E-state index is 11.0. The molecule has 0 bridgehead atoms. The third kappa shape index (κ3) is 6.03. The zero-order valence-electron chi connectivity index (χ0n) is 17.5. The van der Waals surface area contributed by atoms with Gasteiger partial charge in [0.1, 0.15) is 0 Å². The van der Waals surface area contributed by atoms with Crippen LogP contribution in [0.5, 0.6) is 0 Å². The van der Waals surface area contributed by atoms with Gasteiger partial charge in [-0.05, 0) is 49.6 Å². The lowest BCUT2D eigenvalue weighted by atomic mass is 10.0. The van der Waals surface area contributed by atoms with Crippen LogP contribution in [0, 0.1) is 13.8 Å². The van der Waals surface area contributed by atoms with Gasteiger partial charge in [-0.3, -0.25) is 9.48 Å². The number of carbonyl (C=O) groups is 1. The van der Waals surface area contributed by atoms with E-state index in [1.165, 1.54) is 22.3 Å². The SMILES string of the molecule is CC(=O)NCCCNCc1cn(Cc2ccccc2)nc1-c1ccc(C)c(C)c1. The fourth-order valence-electron chi connectivity index (χ4n) is 3.28. The average molecular weight is 391 g/mol. The number of aromatic nitrogens is 2. The number of carbonyl (C=O) groups excluding carboxylic acids is 1. The van der Waals surface area contributed by atoms with Crippen LogP contribution >= 0.6 is 0 Å². The summed E-state index contributed by atoms with van der Waals surface area (Å²) in [6.07, 6.45) is 3.04. The van der Waals surface area contributed by atoms with E-state index in [0.29, 0.717) is 6.54 Å². The van der Waals surface area contributed by atoms with Crippen LogP contribution in [0.2, 0.25) is 0 Å². The minimum atomic E-state index is 0.0178. The summed E-state index contributed by atoms with van der Waals surface area (Å²) in [6.45, 7) is 8.85. The monoisotopic (exact) mass is 390 g/mol. The van der Waals surface area contributed by atoms with E-state index in [9.17, 15) is 4.79 Å². The Morgan fingerprint density at radius 3 is 2.55 bits per heavy atom. The van der Waals surface area contributed by atoms with Crippen LogP contribution in [0.1, 0.15) is 35.6 Å². The van der Waals surface area contributed by atoms with Gasteiger partial charge in [-0.2, -0.15) is 5.10 Å². The highest BCUT2D eigenvalue weighted by atomic mass is 16.1. The average Bonchev–Trinajstić information content (AvgIpc) is 3.10. The summed E-state index contributed by atoms with van der Waals surface area (Å²) in [6, 6.07) is 16.9. The molecule has 0 saturated carbocycles. The molecular formula is C24H30N4O. The molecular weight excluding hydrogens is 360 g/mol. The lowest BCUT2D eigenvalue weighted by Gasteiger charge is -2.07. The summed E-state index contributed by atoms with van der Waals surface area (Å²) in [5, 5.41) is 11.2. The van der Waals surface area contributed by atoms with Gasteiger partial charge in [0.05, 0.1) is 12.2 Å². The molecule has 1 aromatic heterocycles. The first-order valence-corrected chi connectivity index (χ1v) is 10.2. The molecule has 1 heterocycles. The van der Waals surface area contributed by atoms with Crippen LogP contribution in [-0.2, 0) is 17.9 Å². The number of hydrogen-bond acceptors (Lipinski definition) is 3. The van der Waals surface area contributed by atoms with E-state index in [1.54, 1.807) is 6.92 Å². The van der Waals surface area contributed by atoms with Crippen molar-refractivity contribution in [3.05, 3.63) is 77.0 Å². The van der Waals surface area contributed by atoms with Crippen molar-refractivity contribution in [2.24, 2.45) is 0 Å². The molecule has 0 fully saturated rings. The highest BCUT2D eigenvalue weighted by molar-refractivity contribution is 5.72. The minimum Gasteiger partial charge on any atom is -0.356 e. The Morgan fingerprint density at radius 2 is 1.83 bits per heavy atom. The molecule has 2 N–H and O–H groups in total. The fraction of sp³-hybridized carbons (Fsp3) is 0.333. The topological polar surface area (TPSA) is 59.0 Å². The number of amides is 1. The largest absolute Gasteiger partial charge is 0.356 e. The second kappa shape index (κ2) is 10.0. The summed E-state index contributed by atoms with van der Waals surface area (Å²) < 4.78 is 2.02. The minimum absolute atomic E-state index is 0.0178. The van der Waals surface area contributed by atoms with Crippen LogP contribution in [-0.4, -0.2) is 28.8 Å². The Balaban J connectivity index is 1.74. The van der Waals surface area contributed by atoms with Crippen LogP contribution in [0.3, 0.4) is 0 Å². The number of rotatable bonds is 9. The molecule has 5 heteroatoms. The summed E-state index contributed by atoms with van der Waals surface area (Å²) in [7, 11) is 0. The maximum atomic E-state index is 11.0. The molecule has 0 aliphatic heterocycles. The first-order valence-electron chi connectivity index (χ1n) is 10.2. The number of aryl methyl sites for hydroxylation is 2. The molecule has 0 saturated heterocycles. The van der Waals surface area contributed by atoms with E-state index in [-0.39, 0.29) is 5.91 Å². The lowest BCUT2D eigenvalue weighted by Crippen LogP contribution is -2.25. The molecule has 1 amide bonds. The first kappa shape index (κ1) is 20.8. The van der Waals surface area contributed by atoms with Crippen molar-refractivity contribution >= 4 is 5.91 Å². The molecule has 3 aromatic rings. The summed E-state index contributed by atoms with van der Waals surface area (Å²) in [5.74, 6) is 0.0178. The van der Waals surface area contributed by atoms with Crippen LogP contribution in [0.25, 0.3) is 11.3 Å². The van der Waals surface area contributed by atoms with Gasteiger partial charge in [0.2, 0.25) is 5.91 Å². The number of hydrogen-bond donors (Lipinski definition) is 2. The third-order valence-corrected chi connectivity index (χ3v) is 5.02. The van der Waals surface area contributed by atoms with Crippen LogP contribution in [0.4, 0.5) is 0 Å². The first-order chi connectivity index (χ1) is 14.0. The van der Waals surface area contributed by atoms with Gasteiger partial charge in [0.25, 0.3) is 0 Å². The van der Waals surface area contributed by atoms with E-state index in [2.05, 4.69) is 73.1 Å². The van der Waals surface area contributed by atoms with E-state index in [0.717, 1.165) is 37.3 Å². The highest BCUT2D eigenvalue weighted by Gasteiger charge is 2.12. The molecule has 29 heavy (non-hydrogen) atoms. The Hall–Kier alpha value is -2.92. The predicted molar refractivity (Wildman–Crippen MR) is 118 cm³/mol. The van der Waals surface area contributed by atoms with Gasteiger partial charge in [-0.1, -0.05) is 42.5 Å². The number of nitrogens with one attached hydrogen (secondary N) is 2. The second-order valence-electron chi connectivity index (χ2n) is 7.50. The highest BCUT2D eigenvalue weighted by Crippen LogP contribution is 2.25. The molecule has 2 aromatic carbocycles. The Kier molecular flexibility index (Phi) is 7.19. The number of benzene rings is 2. The molecule has 5 nitrogen and oxygen atoms in total. The van der Waals surface area contributed by atoms with Crippen LogP contribution < -0.4 is 10.6 Å². The fourth-order valence-corrected chi connectivity index (χ4v) is 3.28. The van der Waals surface area contributed by atoms with Crippen molar-refractivity contribution in [3.8, 4) is 11.3 Å². The zero-order valence-corrected chi connectivity index (χ0v) is 17.5. The Bertz CT molecular complexity index is 947. The molecule has 0 aliphatic rings. The molecule has 152 valence electrons. The lowest BCUT2D eigenvalue weighted by molar-refractivity contribution is -0.118. The van der Waals surface area contributed by atoms with Gasteiger partial charge in [-0.15, -0.1) is 0 Å². The van der Waals surface area contributed by atoms with E-state index >= 15 is 0 Å². The van der Waals surface area contributed by atoms with Gasteiger partial charge in [0, 0.05) is 37.3 Å². The zero-order chi connectivity index (χ0) is 20.6. The van der Waals surface area contributed by atoms with Gasteiger partial charge in [0.15, 0.2) is 0 Å². The molecule has 3 rings (SSSR count). The van der Waals surface area contributed by atoms with Crippen molar-refractivity contribution in [2.45, 2.75) is 40.3 Å². The summed E-state index contributed by atoms with van der Waals surface area (Å²) in [4.78, 5) is 11.0. The van der Waals surface area contributed by atoms with E-state index in [1.807, 2.05) is 10.7 Å². The molecule has 0 atom stereocenters. The molecule has 0 radical (unpaired) electrons. The standard InChI is InChI=1S/C24H30N4O/c1-18-10-11-22(14-19(18)2)24-23(15-25-12-7-13-26-20(3)29)17-28(27-24)16-21-8-5-4-6-9-21/h4-6,8-11,14,17,25H,7,12-13,15-16H2,1-3H3,(H,26,29). The smallest absolute Gasteiger partial charge is 0.216 e. The van der Waals surface area contributed by atoms with Gasteiger partial charge in [-0.25, -0.2) is 0 Å². The quantitative estimate of drug-likeness (QED) is 0.546. The van der Waals surface area contributed by atoms with Crippen molar-refractivity contribution in [1.82, 2.24) is 20.4 Å². The molecule has 0 unspecified atom stereocenters. The van der Waals surface area contributed by atoms with Crippen molar-refractivity contribution in [2.75, 3.05) is 13.1 Å². The van der Waals surface area contributed by atoms with E-state index in [4.69, 9.17) is 5.10 Å². The van der Waals surface area contributed by atoms with Gasteiger partial charge < -0.3 is 10.6 Å². The molecule has 0 spiro atoms. The predicted octanol–water partition coefficient (Wildman–Crippen LogP) is 3.83. The Labute approximate surface area is 173 Å². The van der Waals surface area contributed by atoms with Gasteiger partial charge >= 0.3 is 0 Å². The van der Waals surface area contributed by atoms with Crippen LogP contribution in [0.15, 0.2) is 54.7 Å². The number of nitrogens with zero attached hydrogens (tertiary/aromatic N) is 2. The summed E-state index contributed by atoms with van der Waals surface area (Å²) >= 11 is 0. The second-order valence-corrected chi connectivity index (χ2v) is 7.50. The van der Waals surface area contributed by atoms with Crippen molar-refractivity contribution in [1.29, 1.82) is 0 Å². The van der Waals surface area contributed by atoms with Crippen molar-refractivity contribution in [3.63, 3.8) is 0 Å². The Morgan fingerprint density at radius 1 is 1.03 bits per heavy atom. The van der Waals surface area contributed by atoms with E-state index < -0.39 is 0 Å². The van der Waals surface area contributed by atoms with Crippen molar-refractivity contribution < 1.29 is 4.79 Å².